The Kier molecular flexibility index (Phi) is 3.85. The monoisotopic (exact) mass is 235 g/mol. The molecular formula is C12H17N3S. The van der Waals surface area contributed by atoms with Gasteiger partial charge >= 0.3 is 0 Å². The Morgan fingerprint density at radius 3 is 3.12 bits per heavy atom. The maximum absolute atomic E-state index is 5.63. The number of hydrogen-bond donors (Lipinski definition) is 1. The van der Waals surface area contributed by atoms with Gasteiger partial charge in [-0.15, -0.1) is 0 Å². The van der Waals surface area contributed by atoms with Gasteiger partial charge in [0.1, 0.15) is 5.65 Å². The lowest BCUT2D eigenvalue weighted by Gasteiger charge is -2.01. The predicted octanol–water partition coefficient (Wildman–Crippen LogP) is 1.90. The molecule has 2 rings (SSSR count). The van der Waals surface area contributed by atoms with Gasteiger partial charge in [0.25, 0.3) is 0 Å². The first-order valence-electron chi connectivity index (χ1n) is 5.48. The minimum Gasteiger partial charge on any atom is -0.331 e. The molecule has 0 aromatic carbocycles. The van der Waals surface area contributed by atoms with E-state index >= 15 is 0 Å². The molecular weight excluding hydrogens is 218 g/mol. The van der Waals surface area contributed by atoms with Crippen LogP contribution >= 0.6 is 11.8 Å². The van der Waals surface area contributed by atoms with Crippen molar-refractivity contribution in [1.82, 2.24) is 9.55 Å². The lowest BCUT2D eigenvalue weighted by Crippen LogP contribution is -2.02. The molecule has 0 saturated carbocycles. The molecule has 2 N–H and O–H groups in total. The maximum Gasteiger partial charge on any atom is 0.140 e. The van der Waals surface area contributed by atoms with Crippen molar-refractivity contribution < 1.29 is 0 Å². The molecule has 0 radical (unpaired) electrons. The van der Waals surface area contributed by atoms with Gasteiger partial charge in [-0.3, -0.25) is 0 Å². The van der Waals surface area contributed by atoms with Crippen LogP contribution in [0.2, 0.25) is 0 Å². The van der Waals surface area contributed by atoms with E-state index in [1.165, 1.54) is 10.9 Å². The van der Waals surface area contributed by atoms with E-state index in [9.17, 15) is 0 Å². The number of nitrogens with two attached hydrogens (primary N) is 1. The molecule has 3 nitrogen and oxygen atoms in total. The number of nitrogens with zero attached hydrogens (tertiary/aromatic N) is 2. The topological polar surface area (TPSA) is 43.8 Å². The Bertz CT molecular complexity index is 464. The second-order valence-electron chi connectivity index (χ2n) is 3.75. The van der Waals surface area contributed by atoms with Crippen molar-refractivity contribution in [3.8, 4) is 0 Å². The smallest absolute Gasteiger partial charge is 0.140 e. The number of aryl methyl sites for hydroxylation is 1. The molecule has 0 fully saturated rings. The molecule has 0 saturated heterocycles. The Balaban J connectivity index is 2.40. The summed E-state index contributed by atoms with van der Waals surface area (Å²) in [5.74, 6) is 1.11. The zero-order valence-corrected chi connectivity index (χ0v) is 10.3. The van der Waals surface area contributed by atoms with E-state index < -0.39 is 0 Å². The maximum atomic E-state index is 5.63. The number of rotatable bonds is 5. The van der Waals surface area contributed by atoms with Gasteiger partial charge in [0.15, 0.2) is 0 Å². The molecule has 0 spiro atoms. The molecule has 0 aliphatic heterocycles. The van der Waals surface area contributed by atoms with Crippen LogP contribution in [0.15, 0.2) is 24.5 Å². The molecule has 2 heterocycles. The van der Waals surface area contributed by atoms with Crippen LogP contribution < -0.4 is 5.73 Å². The van der Waals surface area contributed by atoms with Gasteiger partial charge < -0.3 is 10.3 Å². The Hall–Kier alpha value is -1.00. The third-order valence-corrected chi connectivity index (χ3v) is 3.26. The van der Waals surface area contributed by atoms with E-state index in [1.54, 1.807) is 0 Å². The molecule has 16 heavy (non-hydrogen) atoms. The fourth-order valence-corrected chi connectivity index (χ4v) is 2.29. The molecule has 0 amide bonds. The van der Waals surface area contributed by atoms with E-state index in [0.29, 0.717) is 6.54 Å². The van der Waals surface area contributed by atoms with Crippen molar-refractivity contribution in [2.75, 3.05) is 18.6 Å². The highest BCUT2D eigenvalue weighted by atomic mass is 32.2. The van der Waals surface area contributed by atoms with Crippen molar-refractivity contribution in [2.45, 2.75) is 13.0 Å². The summed E-state index contributed by atoms with van der Waals surface area (Å²) in [5.41, 5.74) is 8.02. The summed E-state index contributed by atoms with van der Waals surface area (Å²) >= 11 is 1.85. The van der Waals surface area contributed by atoms with Crippen molar-refractivity contribution in [2.24, 2.45) is 5.73 Å². The Morgan fingerprint density at radius 1 is 1.50 bits per heavy atom. The van der Waals surface area contributed by atoms with Gasteiger partial charge in [0.2, 0.25) is 0 Å². The first kappa shape index (κ1) is 11.5. The minimum atomic E-state index is 0.691. The molecule has 4 heteroatoms. The summed E-state index contributed by atoms with van der Waals surface area (Å²) in [6.45, 7) is 1.70. The van der Waals surface area contributed by atoms with Gasteiger partial charge in [-0.1, -0.05) is 0 Å². The second-order valence-corrected chi connectivity index (χ2v) is 4.74. The number of hydrogen-bond acceptors (Lipinski definition) is 3. The standard InChI is InChI=1S/C12H17N3S/c1-16-8-7-15-9-10(4-5-13)11-3-2-6-14-12(11)15/h2-3,6,9H,4-5,7-8,13H2,1H3. The summed E-state index contributed by atoms with van der Waals surface area (Å²) in [6, 6.07) is 4.12. The number of pyridine rings is 1. The number of thioether (sulfide) groups is 1. The number of aromatic nitrogens is 2. The van der Waals surface area contributed by atoms with Crippen LogP contribution in [-0.4, -0.2) is 28.1 Å². The second kappa shape index (κ2) is 5.37. The summed E-state index contributed by atoms with van der Waals surface area (Å²) in [6.07, 6.45) is 7.10. The summed E-state index contributed by atoms with van der Waals surface area (Å²) in [4.78, 5) is 4.45. The fraction of sp³-hybridized carbons (Fsp3) is 0.417. The van der Waals surface area contributed by atoms with Gasteiger partial charge in [-0.2, -0.15) is 11.8 Å². The van der Waals surface area contributed by atoms with Gasteiger partial charge in [0.05, 0.1) is 0 Å². The van der Waals surface area contributed by atoms with E-state index in [4.69, 9.17) is 5.73 Å². The van der Waals surface area contributed by atoms with Gasteiger partial charge in [0, 0.05) is 30.1 Å². The third-order valence-electron chi connectivity index (χ3n) is 2.67. The van der Waals surface area contributed by atoms with Crippen LogP contribution in [-0.2, 0) is 13.0 Å². The van der Waals surface area contributed by atoms with E-state index in [2.05, 4.69) is 28.1 Å². The quantitative estimate of drug-likeness (QED) is 0.861. The molecule has 86 valence electrons. The lowest BCUT2D eigenvalue weighted by molar-refractivity contribution is 0.791. The summed E-state index contributed by atoms with van der Waals surface area (Å²) in [5, 5.41) is 1.24. The van der Waals surface area contributed by atoms with Crippen molar-refractivity contribution >= 4 is 22.8 Å². The Morgan fingerprint density at radius 2 is 2.38 bits per heavy atom. The van der Waals surface area contributed by atoms with Gasteiger partial charge in [-0.25, -0.2) is 4.98 Å². The zero-order chi connectivity index (χ0) is 11.4. The van der Waals surface area contributed by atoms with Crippen molar-refractivity contribution in [1.29, 1.82) is 0 Å². The van der Waals surface area contributed by atoms with Crippen molar-refractivity contribution in [3.63, 3.8) is 0 Å². The minimum absolute atomic E-state index is 0.691. The largest absolute Gasteiger partial charge is 0.331 e. The molecule has 0 aliphatic carbocycles. The molecule has 2 aromatic heterocycles. The highest BCUT2D eigenvalue weighted by Crippen LogP contribution is 2.19. The Labute approximate surface area is 100 Å². The third kappa shape index (κ3) is 2.23. The predicted molar refractivity (Wildman–Crippen MR) is 70.9 cm³/mol. The normalized spacial score (nSPS) is 11.1. The van der Waals surface area contributed by atoms with Crippen LogP contribution in [0.5, 0.6) is 0 Å². The molecule has 0 atom stereocenters. The van der Waals surface area contributed by atoms with Crippen LogP contribution in [0.4, 0.5) is 0 Å². The number of fused-ring (bicyclic) bond motifs is 1. The lowest BCUT2D eigenvalue weighted by atomic mass is 10.2. The van der Waals surface area contributed by atoms with Crippen LogP contribution in [0.25, 0.3) is 11.0 Å². The highest BCUT2D eigenvalue weighted by Gasteiger charge is 2.07. The highest BCUT2D eigenvalue weighted by molar-refractivity contribution is 7.98. The first-order valence-corrected chi connectivity index (χ1v) is 6.88. The van der Waals surface area contributed by atoms with E-state index in [0.717, 1.165) is 24.4 Å². The summed E-state index contributed by atoms with van der Waals surface area (Å²) in [7, 11) is 0. The van der Waals surface area contributed by atoms with E-state index in [-0.39, 0.29) is 0 Å². The average Bonchev–Trinajstić information content (AvgIpc) is 2.66. The van der Waals surface area contributed by atoms with Gasteiger partial charge in [-0.05, 0) is 36.9 Å². The molecule has 0 aliphatic rings. The fourth-order valence-electron chi connectivity index (χ4n) is 1.91. The van der Waals surface area contributed by atoms with Crippen LogP contribution in [0.1, 0.15) is 5.56 Å². The first-order chi connectivity index (χ1) is 7.86. The molecule has 2 aromatic rings. The van der Waals surface area contributed by atoms with Crippen LogP contribution in [0, 0.1) is 0 Å². The SMILES string of the molecule is CSCCn1cc(CCN)c2cccnc21. The van der Waals surface area contributed by atoms with Crippen LogP contribution in [0.3, 0.4) is 0 Å². The molecule has 0 unspecified atom stereocenters. The van der Waals surface area contributed by atoms with Crippen molar-refractivity contribution in [3.05, 3.63) is 30.1 Å². The zero-order valence-electron chi connectivity index (χ0n) is 9.52. The average molecular weight is 235 g/mol. The molecule has 0 bridgehead atoms. The van der Waals surface area contributed by atoms with E-state index in [1.807, 2.05) is 24.0 Å². The summed E-state index contributed by atoms with van der Waals surface area (Å²) < 4.78 is 2.23.